The molecule has 1 fully saturated rings. The summed E-state index contributed by atoms with van der Waals surface area (Å²) in [5.41, 5.74) is 3.49. The first-order valence-corrected chi connectivity index (χ1v) is 10.6. The molecule has 1 heterocycles. The standard InChI is InChI=1S/C26H20ClFN2O3/c1-15-7-10-23(16(2)11-15)30-25(32)21(24(31)29-26(30)33)14-19-13-20(27)9-8-17(19)12-18-5-3-4-6-22(18)28/h3-11,13-14H,12H2,1-2H3,(H,29,31,33)/b21-14+. The number of carbonyl (C=O) groups is 3. The summed E-state index contributed by atoms with van der Waals surface area (Å²) in [7, 11) is 0. The maximum Gasteiger partial charge on any atom is 0.335 e. The predicted molar refractivity (Wildman–Crippen MR) is 126 cm³/mol. The van der Waals surface area contributed by atoms with Gasteiger partial charge >= 0.3 is 6.03 Å². The van der Waals surface area contributed by atoms with Gasteiger partial charge < -0.3 is 0 Å². The Morgan fingerprint density at radius 2 is 1.73 bits per heavy atom. The Hall–Kier alpha value is -3.77. The third kappa shape index (κ3) is 4.56. The molecule has 0 saturated carbocycles. The SMILES string of the molecule is Cc1ccc(N2C(=O)NC(=O)/C(=C\c3cc(Cl)ccc3Cc3ccccc3F)C2=O)c(C)c1. The highest BCUT2D eigenvalue weighted by Crippen LogP contribution is 2.28. The summed E-state index contributed by atoms with van der Waals surface area (Å²) in [6, 6.07) is 15.8. The quantitative estimate of drug-likeness (QED) is 0.419. The van der Waals surface area contributed by atoms with Crippen molar-refractivity contribution in [2.24, 2.45) is 0 Å². The minimum atomic E-state index is -0.813. The second-order valence-corrected chi connectivity index (χ2v) is 8.30. The van der Waals surface area contributed by atoms with Gasteiger partial charge in [0.15, 0.2) is 0 Å². The van der Waals surface area contributed by atoms with Crippen LogP contribution in [0.3, 0.4) is 0 Å². The first-order chi connectivity index (χ1) is 15.7. The van der Waals surface area contributed by atoms with Gasteiger partial charge in [-0.1, -0.05) is 53.6 Å². The number of hydrogen-bond acceptors (Lipinski definition) is 3. The van der Waals surface area contributed by atoms with Gasteiger partial charge in [-0.25, -0.2) is 14.1 Å². The molecule has 0 bridgehead atoms. The monoisotopic (exact) mass is 462 g/mol. The fourth-order valence-electron chi connectivity index (χ4n) is 3.80. The molecule has 0 radical (unpaired) electrons. The second-order valence-electron chi connectivity index (χ2n) is 7.86. The zero-order valence-corrected chi connectivity index (χ0v) is 18.7. The lowest BCUT2D eigenvalue weighted by atomic mass is 9.97. The fourth-order valence-corrected chi connectivity index (χ4v) is 3.98. The van der Waals surface area contributed by atoms with Crippen LogP contribution < -0.4 is 10.2 Å². The van der Waals surface area contributed by atoms with Crippen LogP contribution in [0, 0.1) is 19.7 Å². The van der Waals surface area contributed by atoms with Crippen LogP contribution in [0.1, 0.15) is 27.8 Å². The molecule has 4 rings (SSSR count). The van der Waals surface area contributed by atoms with Gasteiger partial charge in [-0.2, -0.15) is 0 Å². The maximum atomic E-state index is 14.2. The molecule has 0 aromatic heterocycles. The molecule has 0 aliphatic carbocycles. The number of carbonyl (C=O) groups excluding carboxylic acids is 3. The van der Waals surface area contributed by atoms with Crippen LogP contribution >= 0.6 is 11.6 Å². The number of urea groups is 1. The number of anilines is 1. The van der Waals surface area contributed by atoms with Crippen molar-refractivity contribution in [1.29, 1.82) is 0 Å². The molecule has 0 atom stereocenters. The van der Waals surface area contributed by atoms with E-state index in [0.717, 1.165) is 16.0 Å². The number of aryl methyl sites for hydroxylation is 2. The molecule has 166 valence electrons. The summed E-state index contributed by atoms with van der Waals surface area (Å²) in [6.45, 7) is 3.69. The van der Waals surface area contributed by atoms with E-state index in [1.54, 1.807) is 55.5 Å². The van der Waals surface area contributed by atoms with E-state index in [0.29, 0.717) is 27.4 Å². The van der Waals surface area contributed by atoms with Crippen molar-refractivity contribution >= 4 is 41.2 Å². The molecule has 1 saturated heterocycles. The molecule has 7 heteroatoms. The molecular formula is C26H20ClFN2O3. The first-order valence-electron chi connectivity index (χ1n) is 10.2. The molecule has 0 unspecified atom stereocenters. The van der Waals surface area contributed by atoms with Gasteiger partial charge in [-0.05, 0) is 66.4 Å². The van der Waals surface area contributed by atoms with Crippen molar-refractivity contribution in [3.8, 4) is 0 Å². The topological polar surface area (TPSA) is 66.5 Å². The lowest BCUT2D eigenvalue weighted by Gasteiger charge is -2.27. The zero-order valence-electron chi connectivity index (χ0n) is 18.0. The summed E-state index contributed by atoms with van der Waals surface area (Å²) in [6.07, 6.45) is 1.63. The van der Waals surface area contributed by atoms with Crippen molar-refractivity contribution in [2.75, 3.05) is 4.90 Å². The number of amides is 4. The van der Waals surface area contributed by atoms with Gasteiger partial charge in [0.2, 0.25) is 0 Å². The van der Waals surface area contributed by atoms with Crippen LogP contribution in [0.5, 0.6) is 0 Å². The normalized spacial score (nSPS) is 15.2. The summed E-state index contributed by atoms with van der Waals surface area (Å²) in [5, 5.41) is 2.62. The van der Waals surface area contributed by atoms with E-state index in [1.165, 1.54) is 12.1 Å². The first kappa shape index (κ1) is 22.4. The van der Waals surface area contributed by atoms with Crippen LogP contribution in [-0.4, -0.2) is 17.8 Å². The van der Waals surface area contributed by atoms with Gasteiger partial charge in [0.05, 0.1) is 5.69 Å². The number of benzene rings is 3. The maximum absolute atomic E-state index is 14.2. The highest BCUT2D eigenvalue weighted by atomic mass is 35.5. The van der Waals surface area contributed by atoms with Gasteiger partial charge in [0, 0.05) is 11.4 Å². The molecule has 5 nitrogen and oxygen atoms in total. The second kappa shape index (κ2) is 9.00. The summed E-state index contributed by atoms with van der Waals surface area (Å²) < 4.78 is 14.2. The Bertz CT molecular complexity index is 1330. The van der Waals surface area contributed by atoms with Gasteiger partial charge in [0.25, 0.3) is 11.8 Å². The Kier molecular flexibility index (Phi) is 6.11. The lowest BCUT2D eigenvalue weighted by molar-refractivity contribution is -0.122. The molecule has 1 aliphatic heterocycles. The van der Waals surface area contributed by atoms with Crippen molar-refractivity contribution < 1.29 is 18.8 Å². The number of nitrogens with zero attached hydrogens (tertiary/aromatic N) is 1. The number of barbiturate groups is 1. The summed E-state index contributed by atoms with van der Waals surface area (Å²) >= 11 is 6.17. The van der Waals surface area contributed by atoms with Crippen molar-refractivity contribution in [3.63, 3.8) is 0 Å². The smallest absolute Gasteiger partial charge is 0.273 e. The molecule has 3 aromatic carbocycles. The average molecular weight is 463 g/mol. The van der Waals surface area contributed by atoms with Gasteiger partial charge in [-0.15, -0.1) is 0 Å². The summed E-state index contributed by atoms with van der Waals surface area (Å²) in [4.78, 5) is 39.4. The van der Waals surface area contributed by atoms with E-state index in [9.17, 15) is 18.8 Å². The van der Waals surface area contributed by atoms with Crippen LogP contribution in [0.25, 0.3) is 6.08 Å². The Balaban J connectivity index is 1.77. The van der Waals surface area contributed by atoms with Crippen LogP contribution in [0.15, 0.2) is 66.2 Å². The Morgan fingerprint density at radius 3 is 2.45 bits per heavy atom. The highest BCUT2D eigenvalue weighted by Gasteiger charge is 2.37. The highest BCUT2D eigenvalue weighted by molar-refractivity contribution is 6.39. The van der Waals surface area contributed by atoms with Crippen molar-refractivity contribution in [1.82, 2.24) is 5.32 Å². The minimum absolute atomic E-state index is 0.216. The number of halogens is 2. The van der Waals surface area contributed by atoms with E-state index >= 15 is 0 Å². The van der Waals surface area contributed by atoms with E-state index < -0.39 is 17.8 Å². The van der Waals surface area contributed by atoms with Gasteiger partial charge in [0.1, 0.15) is 11.4 Å². The molecule has 0 spiro atoms. The number of hydrogen-bond donors (Lipinski definition) is 1. The van der Waals surface area contributed by atoms with Crippen LogP contribution in [0.4, 0.5) is 14.9 Å². The fraction of sp³-hybridized carbons (Fsp3) is 0.115. The number of nitrogens with one attached hydrogen (secondary N) is 1. The summed E-state index contributed by atoms with van der Waals surface area (Å²) in [5.74, 6) is -1.90. The van der Waals surface area contributed by atoms with E-state index in [1.807, 2.05) is 13.0 Å². The lowest BCUT2D eigenvalue weighted by Crippen LogP contribution is -2.54. The number of imide groups is 2. The molecule has 1 N–H and O–H groups in total. The van der Waals surface area contributed by atoms with Crippen molar-refractivity contribution in [2.45, 2.75) is 20.3 Å². The van der Waals surface area contributed by atoms with E-state index in [-0.39, 0.29) is 17.8 Å². The molecule has 1 aliphatic rings. The van der Waals surface area contributed by atoms with Gasteiger partial charge in [-0.3, -0.25) is 14.9 Å². The van der Waals surface area contributed by atoms with E-state index in [2.05, 4.69) is 5.32 Å². The minimum Gasteiger partial charge on any atom is -0.273 e. The Labute approximate surface area is 195 Å². The molecule has 3 aromatic rings. The zero-order chi connectivity index (χ0) is 23.7. The third-order valence-electron chi connectivity index (χ3n) is 5.44. The van der Waals surface area contributed by atoms with Crippen LogP contribution in [0.2, 0.25) is 5.02 Å². The number of rotatable bonds is 4. The molecule has 4 amide bonds. The molecular weight excluding hydrogens is 443 g/mol. The molecule has 33 heavy (non-hydrogen) atoms. The largest absolute Gasteiger partial charge is 0.335 e. The third-order valence-corrected chi connectivity index (χ3v) is 5.68. The van der Waals surface area contributed by atoms with Crippen LogP contribution in [-0.2, 0) is 16.0 Å². The van der Waals surface area contributed by atoms with E-state index in [4.69, 9.17) is 11.6 Å². The predicted octanol–water partition coefficient (Wildman–Crippen LogP) is 5.35. The average Bonchev–Trinajstić information content (AvgIpc) is 2.75. The Morgan fingerprint density at radius 1 is 0.970 bits per heavy atom. The van der Waals surface area contributed by atoms with Crippen molar-refractivity contribution in [3.05, 3.63) is 105 Å².